The number of phenolic OH excluding ortho intramolecular Hbond substituents is 1. The van der Waals surface area contributed by atoms with Crippen molar-refractivity contribution in [2.24, 2.45) is 0 Å². The molecule has 5 aromatic heterocycles. The van der Waals surface area contributed by atoms with Crippen LogP contribution in [0.15, 0.2) is 121 Å². The molecule has 0 fully saturated rings. The van der Waals surface area contributed by atoms with E-state index in [1.807, 2.05) is 18.3 Å². The van der Waals surface area contributed by atoms with Crippen molar-refractivity contribution in [3.05, 3.63) is 133 Å². The summed E-state index contributed by atoms with van der Waals surface area (Å²) in [5, 5.41) is 19.0. The molecule has 1 aliphatic heterocycles. The van der Waals surface area contributed by atoms with Gasteiger partial charge < -0.3 is 5.11 Å². The maximum Gasteiger partial charge on any atom is 0.160 e. The zero-order chi connectivity index (χ0) is 33.7. The van der Waals surface area contributed by atoms with Gasteiger partial charge in [0.05, 0.1) is 33.1 Å². The van der Waals surface area contributed by atoms with Gasteiger partial charge in [0.15, 0.2) is 11.5 Å². The molecule has 0 radical (unpaired) electrons. The number of phenols is 1. The van der Waals surface area contributed by atoms with Crippen molar-refractivity contribution in [2.45, 2.75) is 38.5 Å². The molecule has 0 saturated heterocycles. The van der Waals surface area contributed by atoms with Gasteiger partial charge in [-0.3, -0.25) is 13.5 Å². The van der Waals surface area contributed by atoms with Crippen LogP contribution >= 0.6 is 0 Å². The fourth-order valence-electron chi connectivity index (χ4n) is 9.03. The van der Waals surface area contributed by atoms with Crippen LogP contribution in [0.1, 0.15) is 39.0 Å². The Balaban J connectivity index is 1.34. The molecular weight excluding hydrogens is 615 g/mol. The van der Waals surface area contributed by atoms with Gasteiger partial charge in [-0.2, -0.15) is 0 Å². The minimum atomic E-state index is -0.340. The van der Waals surface area contributed by atoms with Crippen LogP contribution in [0.25, 0.3) is 82.6 Å². The van der Waals surface area contributed by atoms with E-state index in [0.29, 0.717) is 0 Å². The SMILES string of the molecule is CC1(C)c2cccc3c4cccc(O)c4c4nc(-n5c6ccccc6c6ccc(-n7c8ccccc8c8cccnc87)cc65)c(n4c23)C1(C)C. The third-order valence-corrected chi connectivity index (χ3v) is 12.1. The lowest BCUT2D eigenvalue weighted by atomic mass is 9.60. The van der Waals surface area contributed by atoms with E-state index in [1.54, 1.807) is 6.07 Å². The molecule has 6 nitrogen and oxygen atoms in total. The van der Waals surface area contributed by atoms with E-state index in [4.69, 9.17) is 9.97 Å². The summed E-state index contributed by atoms with van der Waals surface area (Å²) in [5.41, 5.74) is 9.06. The van der Waals surface area contributed by atoms with Gasteiger partial charge in [0.1, 0.15) is 11.4 Å². The van der Waals surface area contributed by atoms with Crippen LogP contribution in [0.3, 0.4) is 0 Å². The maximum atomic E-state index is 11.5. The quantitative estimate of drug-likeness (QED) is 0.190. The largest absolute Gasteiger partial charge is 0.507 e. The van der Waals surface area contributed by atoms with Crippen LogP contribution < -0.4 is 0 Å². The molecule has 0 saturated carbocycles. The maximum absolute atomic E-state index is 11.5. The highest BCUT2D eigenvalue weighted by atomic mass is 16.3. The Morgan fingerprint density at radius 2 is 1.22 bits per heavy atom. The topological polar surface area (TPSA) is 60.3 Å². The highest BCUT2D eigenvalue weighted by molar-refractivity contribution is 6.16. The number of aromatic nitrogens is 5. The fraction of sp³-hybridized carbons (Fsp3) is 0.136. The first kappa shape index (κ1) is 27.8. The molecule has 0 atom stereocenters. The number of hydrogen-bond donors (Lipinski definition) is 1. The molecule has 6 heteroatoms. The van der Waals surface area contributed by atoms with E-state index >= 15 is 0 Å². The minimum absolute atomic E-state index is 0.229. The molecule has 5 aromatic carbocycles. The first-order valence-electron chi connectivity index (χ1n) is 17.3. The van der Waals surface area contributed by atoms with Crippen molar-refractivity contribution in [3.63, 3.8) is 0 Å². The summed E-state index contributed by atoms with van der Waals surface area (Å²) >= 11 is 0. The van der Waals surface area contributed by atoms with Crippen LogP contribution in [-0.2, 0) is 10.8 Å². The van der Waals surface area contributed by atoms with E-state index < -0.39 is 0 Å². The molecule has 10 aromatic rings. The van der Waals surface area contributed by atoms with Gasteiger partial charge in [0.2, 0.25) is 0 Å². The van der Waals surface area contributed by atoms with E-state index in [9.17, 15) is 5.11 Å². The lowest BCUT2D eigenvalue weighted by molar-refractivity contribution is 0.288. The lowest BCUT2D eigenvalue weighted by Crippen LogP contribution is -2.44. The Hall–Kier alpha value is -6.14. The molecular formula is C44H33N5O. The summed E-state index contributed by atoms with van der Waals surface area (Å²) in [7, 11) is 0. The summed E-state index contributed by atoms with van der Waals surface area (Å²) in [5.74, 6) is 1.13. The Labute approximate surface area is 287 Å². The molecule has 0 unspecified atom stereocenters. The van der Waals surface area contributed by atoms with Gasteiger partial charge in [-0.15, -0.1) is 0 Å². The number of hydrogen-bond acceptors (Lipinski definition) is 3. The summed E-state index contributed by atoms with van der Waals surface area (Å²) < 4.78 is 6.99. The standard InChI is InChI=1S/C44H33N5O/c1-43(2)32-17-9-15-30-29-14-10-20-36(50)37(29)41-46-42(39(44(43,3)4)49(41)38(30)32)48-34-19-8-5-12-26(34)28-22-21-25(24-35(28)48)47-33-18-7-6-13-27(33)31-16-11-23-45-40(31)47/h5-24,50H,1-4H3. The Morgan fingerprint density at radius 3 is 2.04 bits per heavy atom. The smallest absolute Gasteiger partial charge is 0.160 e. The van der Waals surface area contributed by atoms with E-state index in [1.165, 1.54) is 16.3 Å². The van der Waals surface area contributed by atoms with Crippen molar-refractivity contribution in [2.75, 3.05) is 0 Å². The number of imidazole rings is 1. The van der Waals surface area contributed by atoms with Gasteiger partial charge >= 0.3 is 0 Å². The first-order valence-corrected chi connectivity index (χ1v) is 17.3. The van der Waals surface area contributed by atoms with Crippen LogP contribution in [0, 0.1) is 0 Å². The van der Waals surface area contributed by atoms with Crippen LogP contribution in [0.4, 0.5) is 0 Å². The number of pyridine rings is 2. The second-order valence-electron chi connectivity index (χ2n) is 14.9. The van der Waals surface area contributed by atoms with Gasteiger partial charge in [0, 0.05) is 49.6 Å². The molecule has 11 rings (SSSR count). The normalized spacial score (nSPS) is 15.2. The Bertz CT molecular complexity index is 3060. The molecule has 240 valence electrons. The summed E-state index contributed by atoms with van der Waals surface area (Å²) in [4.78, 5) is 10.5. The van der Waals surface area contributed by atoms with Crippen LogP contribution in [0.2, 0.25) is 0 Å². The average Bonchev–Trinajstić information content (AvgIpc) is 3.79. The van der Waals surface area contributed by atoms with Crippen LogP contribution in [-0.4, -0.2) is 28.6 Å². The van der Waals surface area contributed by atoms with Crippen molar-refractivity contribution >= 4 is 71.1 Å². The third kappa shape index (κ3) is 3.15. The second kappa shape index (κ2) is 9.10. The zero-order valence-corrected chi connectivity index (χ0v) is 28.2. The number of rotatable bonds is 2. The predicted molar refractivity (Wildman–Crippen MR) is 204 cm³/mol. The summed E-state index contributed by atoms with van der Waals surface area (Å²) in [6.07, 6.45) is 1.87. The predicted octanol–water partition coefficient (Wildman–Crippen LogP) is 10.5. The van der Waals surface area contributed by atoms with E-state index in [0.717, 1.165) is 77.5 Å². The average molecular weight is 648 g/mol. The Morgan fingerprint density at radius 1 is 0.560 bits per heavy atom. The van der Waals surface area contributed by atoms with E-state index in [2.05, 4.69) is 138 Å². The molecule has 0 spiro atoms. The number of fused-ring (bicyclic) bond motifs is 9. The lowest BCUT2D eigenvalue weighted by Gasteiger charge is -2.46. The van der Waals surface area contributed by atoms with E-state index in [-0.39, 0.29) is 16.6 Å². The highest BCUT2D eigenvalue weighted by Gasteiger charge is 2.48. The van der Waals surface area contributed by atoms with Gasteiger partial charge in [0.25, 0.3) is 0 Å². The highest BCUT2D eigenvalue weighted by Crippen LogP contribution is 2.54. The van der Waals surface area contributed by atoms with Gasteiger partial charge in [-0.1, -0.05) is 100 Å². The minimum Gasteiger partial charge on any atom is -0.507 e. The summed E-state index contributed by atoms with van der Waals surface area (Å²) in [6, 6.07) is 40.5. The number of nitrogens with zero attached hydrogens (tertiary/aromatic N) is 5. The summed E-state index contributed by atoms with van der Waals surface area (Å²) in [6.45, 7) is 9.42. The van der Waals surface area contributed by atoms with Crippen LogP contribution in [0.5, 0.6) is 5.75 Å². The zero-order valence-electron chi connectivity index (χ0n) is 28.2. The number of para-hydroxylation sites is 3. The van der Waals surface area contributed by atoms with Crippen molar-refractivity contribution in [1.29, 1.82) is 0 Å². The second-order valence-corrected chi connectivity index (χ2v) is 14.9. The molecule has 0 aliphatic carbocycles. The molecule has 0 bridgehead atoms. The van der Waals surface area contributed by atoms with Crippen molar-refractivity contribution in [3.8, 4) is 17.3 Å². The van der Waals surface area contributed by atoms with Crippen molar-refractivity contribution in [1.82, 2.24) is 23.5 Å². The monoisotopic (exact) mass is 647 g/mol. The fourth-order valence-corrected chi connectivity index (χ4v) is 9.03. The Kier molecular flexibility index (Phi) is 5.05. The molecule has 6 heterocycles. The van der Waals surface area contributed by atoms with Crippen molar-refractivity contribution < 1.29 is 5.11 Å². The first-order chi connectivity index (χ1) is 24.3. The number of benzene rings is 5. The molecule has 0 amide bonds. The molecule has 1 aliphatic rings. The molecule has 1 N–H and O–H groups in total. The number of aromatic hydroxyl groups is 1. The van der Waals surface area contributed by atoms with Gasteiger partial charge in [-0.05, 0) is 53.4 Å². The molecule has 50 heavy (non-hydrogen) atoms. The third-order valence-electron chi connectivity index (χ3n) is 12.1. The van der Waals surface area contributed by atoms with Gasteiger partial charge in [-0.25, -0.2) is 9.97 Å².